The number of benzene rings is 3. The molecule has 3 aromatic carbocycles. The Labute approximate surface area is 176 Å². The molecule has 0 spiro atoms. The Kier molecular flexibility index (Phi) is 5.20. The van der Waals surface area contributed by atoms with Gasteiger partial charge in [-0.3, -0.25) is 0 Å². The minimum Gasteiger partial charge on any atom is -0.493 e. The van der Waals surface area contributed by atoms with Gasteiger partial charge in [-0.15, -0.1) is 0 Å². The van der Waals surface area contributed by atoms with Crippen molar-refractivity contribution in [3.05, 3.63) is 65.2 Å². The van der Waals surface area contributed by atoms with Crippen molar-refractivity contribution in [1.82, 2.24) is 9.97 Å². The minimum atomic E-state index is -0.999. The molecule has 1 aromatic heterocycles. The van der Waals surface area contributed by atoms with E-state index in [1.807, 2.05) is 6.07 Å². The molecular formula is C22H17ClN2O5. The zero-order valence-corrected chi connectivity index (χ0v) is 16.9. The van der Waals surface area contributed by atoms with Crippen LogP contribution in [0.2, 0.25) is 5.02 Å². The highest BCUT2D eigenvalue weighted by molar-refractivity contribution is 6.32. The Morgan fingerprint density at radius 1 is 0.967 bits per heavy atom. The number of carboxylic acids is 1. The Morgan fingerprint density at radius 3 is 2.43 bits per heavy atom. The molecule has 0 aliphatic rings. The lowest BCUT2D eigenvalue weighted by Crippen LogP contribution is -1.94. The molecule has 1 heterocycles. The second-order valence-electron chi connectivity index (χ2n) is 6.39. The largest absolute Gasteiger partial charge is 0.493 e. The minimum absolute atomic E-state index is 0.178. The summed E-state index contributed by atoms with van der Waals surface area (Å²) in [6, 6.07) is 15.2. The van der Waals surface area contributed by atoms with Crippen molar-refractivity contribution >= 4 is 28.6 Å². The molecule has 0 bridgehead atoms. The molecule has 4 aromatic rings. The summed E-state index contributed by atoms with van der Waals surface area (Å²) in [5.74, 6) is 1.74. The van der Waals surface area contributed by atoms with Crippen molar-refractivity contribution in [3.8, 4) is 34.4 Å². The maximum atomic E-state index is 11.1. The lowest BCUT2D eigenvalue weighted by molar-refractivity contribution is 0.0697. The number of imidazole rings is 1. The van der Waals surface area contributed by atoms with Crippen molar-refractivity contribution in [2.45, 2.75) is 0 Å². The first-order chi connectivity index (χ1) is 14.5. The number of rotatable bonds is 6. The lowest BCUT2D eigenvalue weighted by Gasteiger charge is -2.12. The Morgan fingerprint density at radius 2 is 1.73 bits per heavy atom. The highest BCUT2D eigenvalue weighted by Crippen LogP contribution is 2.36. The van der Waals surface area contributed by atoms with Gasteiger partial charge in [0.25, 0.3) is 0 Å². The molecule has 0 atom stereocenters. The summed E-state index contributed by atoms with van der Waals surface area (Å²) in [7, 11) is 3.12. The van der Waals surface area contributed by atoms with Crippen LogP contribution >= 0.6 is 11.6 Å². The molecule has 0 unspecified atom stereocenters. The smallest absolute Gasteiger partial charge is 0.335 e. The number of methoxy groups -OCH3 is 2. The third-order valence-corrected chi connectivity index (χ3v) is 4.81. The molecule has 7 nitrogen and oxygen atoms in total. The predicted octanol–water partition coefficient (Wildman–Crippen LogP) is 5.39. The third kappa shape index (κ3) is 3.75. The number of hydrogen-bond donors (Lipinski definition) is 2. The first-order valence-corrected chi connectivity index (χ1v) is 9.29. The highest BCUT2D eigenvalue weighted by Gasteiger charge is 2.12. The van der Waals surface area contributed by atoms with Crippen LogP contribution in [0.25, 0.3) is 22.4 Å². The van der Waals surface area contributed by atoms with Gasteiger partial charge >= 0.3 is 5.97 Å². The molecule has 0 fully saturated rings. The van der Waals surface area contributed by atoms with Crippen LogP contribution in [-0.2, 0) is 0 Å². The van der Waals surface area contributed by atoms with Crippen molar-refractivity contribution < 1.29 is 24.1 Å². The fourth-order valence-electron chi connectivity index (χ4n) is 3.01. The summed E-state index contributed by atoms with van der Waals surface area (Å²) in [4.78, 5) is 18.8. The van der Waals surface area contributed by atoms with E-state index in [0.717, 1.165) is 11.1 Å². The number of nitrogens with zero attached hydrogens (tertiary/aromatic N) is 1. The van der Waals surface area contributed by atoms with E-state index < -0.39 is 5.97 Å². The van der Waals surface area contributed by atoms with E-state index >= 15 is 0 Å². The first kappa shape index (κ1) is 19.6. The van der Waals surface area contributed by atoms with E-state index in [1.54, 1.807) is 50.6 Å². The Hall–Kier alpha value is -3.71. The van der Waals surface area contributed by atoms with Crippen LogP contribution in [0.5, 0.6) is 23.0 Å². The topological polar surface area (TPSA) is 93.7 Å². The normalized spacial score (nSPS) is 10.8. The summed E-state index contributed by atoms with van der Waals surface area (Å²) in [6.45, 7) is 0. The van der Waals surface area contributed by atoms with Gasteiger partial charge in [-0.2, -0.15) is 0 Å². The molecule has 30 heavy (non-hydrogen) atoms. The molecule has 0 aliphatic carbocycles. The molecule has 0 saturated carbocycles. The van der Waals surface area contributed by atoms with Gasteiger partial charge in [0.15, 0.2) is 11.5 Å². The molecule has 0 amide bonds. The van der Waals surface area contributed by atoms with Gasteiger partial charge in [0, 0.05) is 11.6 Å². The van der Waals surface area contributed by atoms with Gasteiger partial charge in [-0.1, -0.05) is 11.6 Å². The van der Waals surface area contributed by atoms with Crippen LogP contribution in [0.3, 0.4) is 0 Å². The summed E-state index contributed by atoms with van der Waals surface area (Å²) in [6.07, 6.45) is 0. The number of H-pyrrole nitrogens is 1. The van der Waals surface area contributed by atoms with Crippen LogP contribution < -0.4 is 14.2 Å². The Bertz CT molecular complexity index is 1250. The van der Waals surface area contributed by atoms with Gasteiger partial charge in [-0.25, -0.2) is 9.78 Å². The summed E-state index contributed by atoms with van der Waals surface area (Å²) in [5, 5.41) is 9.53. The summed E-state index contributed by atoms with van der Waals surface area (Å²) in [5.41, 5.74) is 2.22. The molecular weight excluding hydrogens is 408 g/mol. The summed E-state index contributed by atoms with van der Waals surface area (Å²) >= 11 is 6.43. The zero-order chi connectivity index (χ0) is 21.3. The number of halogens is 1. The SMILES string of the molecule is COc1ccc(Oc2ccc(-c3nc4cc(C(=O)O)ccc4[nH]3)cc2Cl)cc1OC. The van der Waals surface area contributed by atoms with E-state index in [2.05, 4.69) is 9.97 Å². The number of hydrogen-bond acceptors (Lipinski definition) is 5. The number of ether oxygens (including phenoxy) is 3. The van der Waals surface area contributed by atoms with E-state index in [9.17, 15) is 4.79 Å². The van der Waals surface area contributed by atoms with Crippen LogP contribution in [-0.4, -0.2) is 35.3 Å². The summed E-state index contributed by atoms with van der Waals surface area (Å²) < 4.78 is 16.4. The zero-order valence-electron chi connectivity index (χ0n) is 16.1. The molecule has 8 heteroatoms. The lowest BCUT2D eigenvalue weighted by atomic mass is 10.2. The molecule has 152 valence electrons. The average Bonchev–Trinajstić information content (AvgIpc) is 3.18. The van der Waals surface area contributed by atoms with Crippen LogP contribution in [0, 0.1) is 0 Å². The number of carboxylic acid groups (broad SMARTS) is 1. The molecule has 0 radical (unpaired) electrons. The molecule has 4 rings (SSSR count). The fraction of sp³-hybridized carbons (Fsp3) is 0.0909. The van der Waals surface area contributed by atoms with Gasteiger partial charge in [0.05, 0.1) is 35.8 Å². The van der Waals surface area contributed by atoms with Crippen molar-refractivity contribution in [2.24, 2.45) is 0 Å². The maximum Gasteiger partial charge on any atom is 0.335 e. The number of aromatic nitrogens is 2. The van der Waals surface area contributed by atoms with Gasteiger partial charge < -0.3 is 24.3 Å². The van der Waals surface area contributed by atoms with Gasteiger partial charge in [0.1, 0.15) is 17.3 Å². The van der Waals surface area contributed by atoms with Crippen molar-refractivity contribution in [3.63, 3.8) is 0 Å². The quantitative estimate of drug-likeness (QED) is 0.431. The highest BCUT2D eigenvalue weighted by atomic mass is 35.5. The number of carbonyl (C=O) groups is 1. The third-order valence-electron chi connectivity index (χ3n) is 4.52. The van der Waals surface area contributed by atoms with Gasteiger partial charge in [0.2, 0.25) is 0 Å². The number of aromatic amines is 1. The second-order valence-corrected chi connectivity index (χ2v) is 6.79. The average molecular weight is 425 g/mol. The number of fused-ring (bicyclic) bond motifs is 1. The monoisotopic (exact) mass is 424 g/mol. The molecule has 0 saturated heterocycles. The number of aromatic carboxylic acids is 1. The number of nitrogens with one attached hydrogen (secondary N) is 1. The van der Waals surface area contributed by atoms with Gasteiger partial charge in [-0.05, 0) is 48.5 Å². The van der Waals surface area contributed by atoms with Crippen molar-refractivity contribution in [2.75, 3.05) is 14.2 Å². The van der Waals surface area contributed by atoms with Crippen LogP contribution in [0.15, 0.2) is 54.6 Å². The molecule has 0 aliphatic heterocycles. The Balaban J connectivity index is 1.62. The first-order valence-electron chi connectivity index (χ1n) is 8.91. The maximum absolute atomic E-state index is 11.1. The van der Waals surface area contributed by atoms with E-state index in [-0.39, 0.29) is 5.56 Å². The molecule has 2 N–H and O–H groups in total. The van der Waals surface area contributed by atoms with Crippen molar-refractivity contribution in [1.29, 1.82) is 0 Å². The van der Waals surface area contributed by atoms with Crippen LogP contribution in [0.1, 0.15) is 10.4 Å². The van der Waals surface area contributed by atoms with E-state index in [4.69, 9.17) is 30.9 Å². The van der Waals surface area contributed by atoms with E-state index in [0.29, 0.717) is 39.4 Å². The predicted molar refractivity (Wildman–Crippen MR) is 113 cm³/mol. The van der Waals surface area contributed by atoms with Crippen LogP contribution in [0.4, 0.5) is 0 Å². The standard InChI is InChI=1S/C22H17ClN2O5/c1-28-19-8-5-14(11-20(19)29-2)30-18-7-4-12(9-15(18)23)21-24-16-6-3-13(22(26)27)10-17(16)25-21/h3-11H,1-2H3,(H,24,25)(H,26,27). The second kappa shape index (κ2) is 7.96. The van der Waals surface area contributed by atoms with E-state index in [1.165, 1.54) is 12.1 Å². The fourth-order valence-corrected chi connectivity index (χ4v) is 3.23.